The van der Waals surface area contributed by atoms with Crippen molar-refractivity contribution in [3.63, 3.8) is 0 Å². The first-order chi connectivity index (χ1) is 27.1. The highest BCUT2D eigenvalue weighted by Gasteiger charge is 2.41. The van der Waals surface area contributed by atoms with Crippen LogP contribution < -0.4 is 10.3 Å². The average Bonchev–Trinajstić information content (AvgIpc) is 3.18. The summed E-state index contributed by atoms with van der Waals surface area (Å²) in [6.45, 7) is 4.55. The van der Waals surface area contributed by atoms with Crippen molar-refractivity contribution in [2.45, 2.75) is 83.4 Å². The molecular formula is C43H43F5N4O5. The summed E-state index contributed by atoms with van der Waals surface area (Å²) in [4.78, 5) is 48.3. The number of carbonyl (C=O) groups is 2. The van der Waals surface area contributed by atoms with Gasteiger partial charge in [-0.05, 0) is 85.2 Å². The van der Waals surface area contributed by atoms with Crippen LogP contribution in [0.15, 0.2) is 95.8 Å². The van der Waals surface area contributed by atoms with E-state index in [4.69, 9.17) is 0 Å². The molecule has 1 atom stereocenters. The molecule has 57 heavy (non-hydrogen) atoms. The van der Waals surface area contributed by atoms with E-state index in [1.165, 1.54) is 30.3 Å². The number of ether oxygens (including phenoxy) is 1. The van der Waals surface area contributed by atoms with E-state index in [-0.39, 0.29) is 55.0 Å². The van der Waals surface area contributed by atoms with Gasteiger partial charge in [-0.1, -0.05) is 67.9 Å². The number of halogens is 5. The van der Waals surface area contributed by atoms with Crippen LogP contribution in [0.4, 0.5) is 22.0 Å². The normalized spacial score (nSPS) is 15.0. The Hall–Kier alpha value is -5.63. The number of nitrogens with zero attached hydrogens (tertiary/aromatic N) is 4. The topological polar surface area (TPSA) is 105 Å². The number of amides is 1. The second-order valence-electron chi connectivity index (χ2n) is 14.5. The third kappa shape index (κ3) is 9.67. The summed E-state index contributed by atoms with van der Waals surface area (Å²) in [5.41, 5.74) is 1.34. The average molecular weight is 791 g/mol. The molecule has 1 aliphatic rings. The lowest BCUT2D eigenvalue weighted by Gasteiger charge is -2.45. The van der Waals surface area contributed by atoms with Crippen LogP contribution >= 0.6 is 0 Å². The number of carboxylic acid groups (broad SMARTS) is 1. The van der Waals surface area contributed by atoms with Crippen LogP contribution in [0, 0.1) is 11.6 Å². The van der Waals surface area contributed by atoms with E-state index < -0.39 is 35.1 Å². The van der Waals surface area contributed by atoms with Crippen molar-refractivity contribution in [2.24, 2.45) is 0 Å². The minimum absolute atomic E-state index is 0.0876. The maximum absolute atomic E-state index is 14.7. The first kappa shape index (κ1) is 41.0. The lowest BCUT2D eigenvalue weighted by atomic mass is 9.90. The number of alkyl halides is 3. The largest absolute Gasteiger partial charge is 0.573 e. The second-order valence-corrected chi connectivity index (χ2v) is 14.5. The molecule has 1 fully saturated rings. The van der Waals surface area contributed by atoms with Crippen LogP contribution in [0.25, 0.3) is 22.0 Å². The van der Waals surface area contributed by atoms with Crippen molar-refractivity contribution in [3.8, 4) is 16.9 Å². The Morgan fingerprint density at radius 2 is 1.56 bits per heavy atom. The molecule has 5 aromatic rings. The minimum Gasteiger partial charge on any atom is -0.480 e. The number of rotatable bonds is 14. The lowest BCUT2D eigenvalue weighted by molar-refractivity contribution is -0.274. The Kier molecular flexibility index (Phi) is 12.4. The van der Waals surface area contributed by atoms with Crippen molar-refractivity contribution in [3.05, 3.63) is 130 Å². The fourth-order valence-electron chi connectivity index (χ4n) is 7.66. The molecule has 6 rings (SSSR count). The summed E-state index contributed by atoms with van der Waals surface area (Å²) in [5.74, 6) is -2.69. The van der Waals surface area contributed by atoms with Crippen molar-refractivity contribution >= 4 is 22.8 Å². The van der Waals surface area contributed by atoms with Gasteiger partial charge in [0, 0.05) is 38.2 Å². The smallest absolute Gasteiger partial charge is 0.480 e. The van der Waals surface area contributed by atoms with Gasteiger partial charge < -0.3 is 19.3 Å². The van der Waals surface area contributed by atoms with E-state index in [9.17, 15) is 41.4 Å². The number of piperidine rings is 1. The highest BCUT2D eigenvalue weighted by Crippen LogP contribution is 2.30. The SMILES string of the molecule is CCCC(C)(C(=O)O)N1CCC(N(Cc2ccc(-c3ccc(OC(F)(F)F)cc3)cc2)C(=O)Cn2c(CCc3ccc(F)cc3F)nc(=O)c3ccccc32)CC1. The van der Waals surface area contributed by atoms with Crippen LogP contribution in [-0.4, -0.2) is 67.4 Å². The highest BCUT2D eigenvalue weighted by atomic mass is 19.4. The lowest BCUT2D eigenvalue weighted by Crippen LogP contribution is -2.57. The predicted molar refractivity (Wildman–Crippen MR) is 204 cm³/mol. The first-order valence-electron chi connectivity index (χ1n) is 18.8. The van der Waals surface area contributed by atoms with Crippen LogP contribution in [0.1, 0.15) is 56.5 Å². The van der Waals surface area contributed by atoms with Crippen LogP contribution in [0.5, 0.6) is 5.75 Å². The Morgan fingerprint density at radius 1 is 0.912 bits per heavy atom. The molecule has 0 saturated carbocycles. The molecule has 0 aliphatic carbocycles. The van der Waals surface area contributed by atoms with Gasteiger partial charge in [0.1, 0.15) is 35.3 Å². The monoisotopic (exact) mass is 790 g/mol. The molecule has 0 bridgehead atoms. The number of para-hydroxylation sites is 1. The molecule has 1 aromatic heterocycles. The molecule has 1 saturated heterocycles. The number of aromatic nitrogens is 2. The molecule has 2 heterocycles. The number of benzene rings is 4. The van der Waals surface area contributed by atoms with Crippen molar-refractivity contribution in [1.29, 1.82) is 0 Å². The predicted octanol–water partition coefficient (Wildman–Crippen LogP) is 8.16. The van der Waals surface area contributed by atoms with Crippen molar-refractivity contribution in [2.75, 3.05) is 13.1 Å². The van der Waals surface area contributed by atoms with E-state index in [2.05, 4.69) is 9.72 Å². The van der Waals surface area contributed by atoms with Gasteiger partial charge in [0.25, 0.3) is 5.56 Å². The highest BCUT2D eigenvalue weighted by molar-refractivity contribution is 5.82. The van der Waals surface area contributed by atoms with E-state index >= 15 is 0 Å². The molecule has 0 radical (unpaired) electrons. The number of hydrogen-bond donors (Lipinski definition) is 1. The first-order valence-corrected chi connectivity index (χ1v) is 18.8. The number of aliphatic carboxylic acids is 1. The molecule has 4 aromatic carbocycles. The number of carbonyl (C=O) groups excluding carboxylic acids is 1. The zero-order valence-electron chi connectivity index (χ0n) is 31.6. The summed E-state index contributed by atoms with van der Waals surface area (Å²) in [5, 5.41) is 10.5. The fourth-order valence-corrected chi connectivity index (χ4v) is 7.66. The van der Waals surface area contributed by atoms with Crippen LogP contribution in [0.3, 0.4) is 0 Å². The van der Waals surface area contributed by atoms with Gasteiger partial charge in [0.15, 0.2) is 0 Å². The third-order valence-corrected chi connectivity index (χ3v) is 10.7. The maximum atomic E-state index is 14.7. The zero-order chi connectivity index (χ0) is 40.9. The Balaban J connectivity index is 1.30. The molecule has 1 amide bonds. The Morgan fingerprint density at radius 3 is 2.18 bits per heavy atom. The summed E-state index contributed by atoms with van der Waals surface area (Å²) in [6, 6.07) is 22.6. The van der Waals surface area contributed by atoms with Crippen LogP contribution in [0.2, 0.25) is 0 Å². The summed E-state index contributed by atoms with van der Waals surface area (Å²) < 4.78 is 71.9. The van der Waals surface area contributed by atoms with E-state index in [0.29, 0.717) is 55.2 Å². The number of carboxylic acids is 1. The summed E-state index contributed by atoms with van der Waals surface area (Å²) >= 11 is 0. The zero-order valence-corrected chi connectivity index (χ0v) is 31.6. The minimum atomic E-state index is -4.80. The molecule has 1 aliphatic heterocycles. The molecule has 9 nitrogen and oxygen atoms in total. The quantitative estimate of drug-likeness (QED) is 0.113. The van der Waals surface area contributed by atoms with Gasteiger partial charge in [-0.3, -0.25) is 19.3 Å². The van der Waals surface area contributed by atoms with Gasteiger partial charge >= 0.3 is 12.3 Å². The van der Waals surface area contributed by atoms with Crippen molar-refractivity contribution < 1.29 is 41.4 Å². The van der Waals surface area contributed by atoms with E-state index in [0.717, 1.165) is 23.3 Å². The molecule has 1 N–H and O–H groups in total. The molecule has 1 unspecified atom stereocenters. The van der Waals surface area contributed by atoms with Crippen molar-refractivity contribution in [1.82, 2.24) is 19.4 Å². The maximum Gasteiger partial charge on any atom is 0.573 e. The molecule has 14 heteroatoms. The van der Waals surface area contributed by atoms with Gasteiger partial charge in [-0.25, -0.2) is 8.78 Å². The van der Waals surface area contributed by atoms with Crippen LogP contribution in [-0.2, 0) is 35.5 Å². The molecule has 0 spiro atoms. The van der Waals surface area contributed by atoms with Gasteiger partial charge in [0.2, 0.25) is 5.91 Å². The number of likely N-dealkylation sites (tertiary alicyclic amines) is 1. The Bertz CT molecular complexity index is 2270. The van der Waals surface area contributed by atoms with Gasteiger partial charge in [0.05, 0.1) is 10.9 Å². The third-order valence-electron chi connectivity index (χ3n) is 10.7. The number of hydrogen-bond acceptors (Lipinski definition) is 6. The fraction of sp³-hybridized carbons (Fsp3) is 0.349. The molecular weight excluding hydrogens is 747 g/mol. The Labute approximate surface area is 326 Å². The van der Waals surface area contributed by atoms with Gasteiger partial charge in [-0.15, -0.1) is 13.2 Å². The van der Waals surface area contributed by atoms with E-state index in [1.807, 2.05) is 36.1 Å². The van der Waals surface area contributed by atoms with E-state index in [1.54, 1.807) is 40.7 Å². The summed E-state index contributed by atoms with van der Waals surface area (Å²) in [7, 11) is 0. The second kappa shape index (κ2) is 17.2. The molecule has 300 valence electrons. The number of fused-ring (bicyclic) bond motifs is 1. The summed E-state index contributed by atoms with van der Waals surface area (Å²) in [6.07, 6.45) is -2.46. The van der Waals surface area contributed by atoms with Gasteiger partial charge in [-0.2, -0.15) is 4.98 Å². The standard InChI is InChI=1S/C43H43F5N4O5/c1-3-22-42(2,41(55)56)50-23-20-33(21-24-50)51(26-28-8-10-29(11-9-28)30-13-17-34(18-14-30)57-43(46,47)48)39(53)27-52-37-7-5-4-6-35(37)40(54)49-38(52)19-15-31-12-16-32(44)25-36(31)45/h4-14,16-18,25,33H,3,15,19-24,26-27H2,1-2H3,(H,55,56). The number of aryl methyl sites for hydroxylation is 2.